The van der Waals surface area contributed by atoms with Crippen molar-refractivity contribution in [3.63, 3.8) is 0 Å². The van der Waals surface area contributed by atoms with Crippen molar-refractivity contribution in [1.82, 2.24) is 24.6 Å². The molecule has 0 saturated carbocycles. The Morgan fingerprint density at radius 1 is 1.23 bits per heavy atom. The number of nitrogens with zero attached hydrogens (tertiary/aromatic N) is 7. The lowest BCUT2D eigenvalue weighted by Gasteiger charge is -2.34. The molecule has 0 aromatic carbocycles. The van der Waals surface area contributed by atoms with Gasteiger partial charge in [-0.2, -0.15) is 5.10 Å². The van der Waals surface area contributed by atoms with E-state index in [0.29, 0.717) is 18.1 Å². The zero-order valence-electron chi connectivity index (χ0n) is 15.1. The fourth-order valence-corrected chi connectivity index (χ4v) is 3.20. The van der Waals surface area contributed by atoms with Gasteiger partial charge in [-0.05, 0) is 26.0 Å². The SMILES string of the molecule is Cc1nn(C)c(NCCCN2CCN(c3ncccn3)CC2)c1[N+](=O)[O-]. The van der Waals surface area contributed by atoms with Gasteiger partial charge in [0.15, 0.2) is 0 Å². The van der Waals surface area contributed by atoms with E-state index in [-0.39, 0.29) is 10.6 Å². The van der Waals surface area contributed by atoms with Crippen molar-refractivity contribution in [3.05, 3.63) is 34.3 Å². The summed E-state index contributed by atoms with van der Waals surface area (Å²) < 4.78 is 1.53. The van der Waals surface area contributed by atoms with Crippen LogP contribution in [0.4, 0.5) is 17.5 Å². The molecule has 1 N–H and O–H groups in total. The van der Waals surface area contributed by atoms with Crippen LogP contribution in [0.2, 0.25) is 0 Å². The Bertz CT molecular complexity index is 740. The van der Waals surface area contributed by atoms with Gasteiger partial charge in [0.2, 0.25) is 11.8 Å². The minimum Gasteiger partial charge on any atom is -0.364 e. The first-order valence-corrected chi connectivity index (χ1v) is 8.72. The molecule has 3 heterocycles. The van der Waals surface area contributed by atoms with Crippen LogP contribution < -0.4 is 10.2 Å². The fourth-order valence-electron chi connectivity index (χ4n) is 3.20. The summed E-state index contributed by atoms with van der Waals surface area (Å²) in [5.74, 6) is 1.26. The molecule has 0 aliphatic carbocycles. The van der Waals surface area contributed by atoms with Gasteiger partial charge < -0.3 is 10.2 Å². The van der Waals surface area contributed by atoms with Crippen LogP contribution in [-0.4, -0.2) is 68.8 Å². The molecule has 1 aliphatic rings. The van der Waals surface area contributed by atoms with Gasteiger partial charge in [-0.1, -0.05) is 0 Å². The number of hydrogen-bond donors (Lipinski definition) is 1. The lowest BCUT2D eigenvalue weighted by molar-refractivity contribution is -0.384. The van der Waals surface area contributed by atoms with Gasteiger partial charge >= 0.3 is 5.69 Å². The average Bonchev–Trinajstić information content (AvgIpc) is 2.93. The van der Waals surface area contributed by atoms with Crippen molar-refractivity contribution in [3.8, 4) is 0 Å². The Balaban J connectivity index is 1.42. The van der Waals surface area contributed by atoms with Crippen molar-refractivity contribution in [2.75, 3.05) is 49.5 Å². The van der Waals surface area contributed by atoms with Crippen LogP contribution in [0.25, 0.3) is 0 Å². The van der Waals surface area contributed by atoms with Crippen molar-refractivity contribution in [2.45, 2.75) is 13.3 Å². The van der Waals surface area contributed by atoms with E-state index in [0.717, 1.165) is 45.1 Å². The quantitative estimate of drug-likeness (QED) is 0.444. The first-order valence-electron chi connectivity index (χ1n) is 8.72. The van der Waals surface area contributed by atoms with E-state index in [1.165, 1.54) is 4.68 Å². The van der Waals surface area contributed by atoms with E-state index in [4.69, 9.17) is 0 Å². The first kappa shape index (κ1) is 18.1. The van der Waals surface area contributed by atoms with Crippen LogP contribution in [-0.2, 0) is 7.05 Å². The Morgan fingerprint density at radius 2 is 1.92 bits per heavy atom. The van der Waals surface area contributed by atoms with Crippen LogP contribution in [0, 0.1) is 17.0 Å². The number of aromatic nitrogens is 4. The molecular formula is C16H24N8O2. The molecule has 0 spiro atoms. The molecule has 10 nitrogen and oxygen atoms in total. The molecule has 1 saturated heterocycles. The molecule has 0 unspecified atom stereocenters. The Kier molecular flexibility index (Phi) is 5.61. The van der Waals surface area contributed by atoms with E-state index in [1.807, 2.05) is 6.07 Å². The van der Waals surface area contributed by atoms with Gasteiger partial charge in [-0.3, -0.25) is 15.0 Å². The second-order valence-electron chi connectivity index (χ2n) is 6.32. The van der Waals surface area contributed by atoms with E-state index >= 15 is 0 Å². The van der Waals surface area contributed by atoms with Crippen molar-refractivity contribution in [2.24, 2.45) is 7.05 Å². The summed E-state index contributed by atoms with van der Waals surface area (Å²) in [6, 6.07) is 1.82. The number of anilines is 2. The lowest BCUT2D eigenvalue weighted by Crippen LogP contribution is -2.47. The number of aryl methyl sites for hydroxylation is 2. The standard InChI is InChI=1S/C16H24N8O2/c1-13-14(24(25)26)15(21(2)20-13)17-7-4-8-22-9-11-23(12-10-22)16-18-5-3-6-19-16/h3,5-6,17H,4,7-12H2,1-2H3. The van der Waals surface area contributed by atoms with Crippen LogP contribution in [0.15, 0.2) is 18.5 Å². The number of hydrogen-bond acceptors (Lipinski definition) is 8. The number of piperazine rings is 1. The maximum atomic E-state index is 11.2. The zero-order chi connectivity index (χ0) is 18.5. The predicted octanol–water partition coefficient (Wildman–Crippen LogP) is 1.05. The van der Waals surface area contributed by atoms with E-state index in [1.54, 1.807) is 26.4 Å². The highest BCUT2D eigenvalue weighted by atomic mass is 16.6. The zero-order valence-corrected chi connectivity index (χ0v) is 15.1. The molecule has 10 heteroatoms. The van der Waals surface area contributed by atoms with Gasteiger partial charge in [0.1, 0.15) is 5.69 Å². The van der Waals surface area contributed by atoms with E-state index in [9.17, 15) is 10.1 Å². The monoisotopic (exact) mass is 360 g/mol. The molecule has 0 bridgehead atoms. The number of nitro groups is 1. The summed E-state index contributed by atoms with van der Waals surface area (Å²) in [5.41, 5.74) is 0.489. The molecule has 1 aliphatic heterocycles. The van der Waals surface area contributed by atoms with Crippen LogP contribution in [0.5, 0.6) is 0 Å². The molecule has 0 radical (unpaired) electrons. The molecular weight excluding hydrogens is 336 g/mol. The summed E-state index contributed by atoms with van der Waals surface area (Å²) in [6.07, 6.45) is 4.43. The third-order valence-electron chi connectivity index (χ3n) is 4.52. The molecule has 2 aromatic heterocycles. The summed E-state index contributed by atoms with van der Waals surface area (Å²) in [5, 5.41) is 18.5. The van der Waals surface area contributed by atoms with Gasteiger partial charge in [-0.15, -0.1) is 0 Å². The molecule has 26 heavy (non-hydrogen) atoms. The maximum Gasteiger partial charge on any atom is 0.333 e. The molecule has 3 rings (SSSR count). The normalized spacial score (nSPS) is 15.2. The third kappa shape index (κ3) is 4.07. The van der Waals surface area contributed by atoms with E-state index in [2.05, 4.69) is 30.2 Å². The molecule has 1 fully saturated rings. The summed E-state index contributed by atoms with van der Waals surface area (Å²) in [7, 11) is 1.72. The fraction of sp³-hybridized carbons (Fsp3) is 0.562. The second-order valence-corrected chi connectivity index (χ2v) is 6.32. The molecule has 140 valence electrons. The number of rotatable bonds is 7. The highest BCUT2D eigenvalue weighted by molar-refractivity contribution is 5.59. The average molecular weight is 360 g/mol. The summed E-state index contributed by atoms with van der Waals surface area (Å²) in [4.78, 5) is 24.0. The summed E-state index contributed by atoms with van der Waals surface area (Å²) in [6.45, 7) is 7.00. The number of nitrogens with one attached hydrogen (secondary N) is 1. The maximum absolute atomic E-state index is 11.2. The molecule has 2 aromatic rings. The Hall–Kier alpha value is -2.75. The summed E-state index contributed by atoms with van der Waals surface area (Å²) >= 11 is 0. The van der Waals surface area contributed by atoms with Crippen molar-refractivity contribution < 1.29 is 4.92 Å². The predicted molar refractivity (Wildman–Crippen MR) is 98.4 cm³/mol. The van der Waals surface area contributed by atoms with E-state index < -0.39 is 0 Å². The smallest absolute Gasteiger partial charge is 0.333 e. The third-order valence-corrected chi connectivity index (χ3v) is 4.52. The highest BCUT2D eigenvalue weighted by Crippen LogP contribution is 2.27. The lowest BCUT2D eigenvalue weighted by atomic mass is 10.3. The largest absolute Gasteiger partial charge is 0.364 e. The molecule has 0 amide bonds. The van der Waals surface area contributed by atoms with Crippen molar-refractivity contribution in [1.29, 1.82) is 0 Å². The van der Waals surface area contributed by atoms with Crippen LogP contribution in [0.3, 0.4) is 0 Å². The Labute approximate surface area is 152 Å². The molecule has 0 atom stereocenters. The minimum absolute atomic E-state index is 0.0592. The second kappa shape index (κ2) is 8.09. The highest BCUT2D eigenvalue weighted by Gasteiger charge is 2.23. The first-order chi connectivity index (χ1) is 12.6. The minimum atomic E-state index is -0.379. The van der Waals surface area contributed by atoms with Crippen LogP contribution >= 0.6 is 0 Å². The van der Waals surface area contributed by atoms with Gasteiger partial charge in [0.05, 0.1) is 4.92 Å². The van der Waals surface area contributed by atoms with Crippen molar-refractivity contribution >= 4 is 17.5 Å². The topological polar surface area (TPSA) is 105 Å². The van der Waals surface area contributed by atoms with Gasteiger partial charge in [0.25, 0.3) is 0 Å². The Morgan fingerprint density at radius 3 is 2.58 bits per heavy atom. The van der Waals surface area contributed by atoms with Gasteiger partial charge in [0, 0.05) is 52.2 Å². The van der Waals surface area contributed by atoms with Crippen LogP contribution in [0.1, 0.15) is 12.1 Å². The van der Waals surface area contributed by atoms with Gasteiger partial charge in [-0.25, -0.2) is 14.6 Å².